The van der Waals surface area contributed by atoms with Crippen molar-refractivity contribution in [1.82, 2.24) is 10.6 Å². The third-order valence-corrected chi connectivity index (χ3v) is 5.76. The Morgan fingerprint density at radius 3 is 2.45 bits per heavy atom. The fourth-order valence-electron chi connectivity index (χ4n) is 4.23. The van der Waals surface area contributed by atoms with E-state index in [1.807, 2.05) is 0 Å². The zero-order valence-electron chi connectivity index (χ0n) is 11.9. The summed E-state index contributed by atoms with van der Waals surface area (Å²) in [6, 6.07) is -0.208. The highest BCUT2D eigenvalue weighted by atomic mass is 16.4. The van der Waals surface area contributed by atoms with Gasteiger partial charge in [0.1, 0.15) is 0 Å². The third kappa shape index (κ3) is 2.50. The minimum absolute atomic E-state index is 0.208. The molecule has 5 heteroatoms. The lowest BCUT2D eigenvalue weighted by Gasteiger charge is -2.37. The number of carbonyl (C=O) groups excluding carboxylic acids is 1. The van der Waals surface area contributed by atoms with Crippen LogP contribution >= 0.6 is 0 Å². The van der Waals surface area contributed by atoms with Crippen LogP contribution in [0.5, 0.6) is 0 Å². The quantitative estimate of drug-likeness (QED) is 0.720. The van der Waals surface area contributed by atoms with Gasteiger partial charge in [-0.2, -0.15) is 0 Å². The minimum atomic E-state index is -0.780. The standard InChI is InChI=1S/C15H24N2O3/c18-13(19)15(4-1-5-15)9-17-14(20)16-8-12-7-10-2-3-11(12)6-10/h10-12H,1-9H2,(H,18,19)(H2,16,17,20). The predicted molar refractivity (Wildman–Crippen MR) is 74.3 cm³/mol. The molecule has 0 aromatic rings. The van der Waals surface area contributed by atoms with E-state index in [1.54, 1.807) is 0 Å². The van der Waals surface area contributed by atoms with Crippen molar-refractivity contribution in [3.63, 3.8) is 0 Å². The third-order valence-electron chi connectivity index (χ3n) is 5.76. The van der Waals surface area contributed by atoms with Crippen LogP contribution in [0.25, 0.3) is 0 Å². The molecule has 0 aromatic heterocycles. The molecule has 112 valence electrons. The van der Waals surface area contributed by atoms with Gasteiger partial charge >= 0.3 is 12.0 Å². The number of carboxylic acids is 1. The molecule has 0 spiro atoms. The fraction of sp³-hybridized carbons (Fsp3) is 0.867. The van der Waals surface area contributed by atoms with Crippen molar-refractivity contribution in [2.24, 2.45) is 23.2 Å². The second-order valence-corrected chi connectivity index (χ2v) is 6.94. The van der Waals surface area contributed by atoms with Crippen molar-refractivity contribution in [2.45, 2.75) is 44.9 Å². The van der Waals surface area contributed by atoms with Crippen molar-refractivity contribution in [1.29, 1.82) is 0 Å². The Bertz CT molecular complexity index is 406. The van der Waals surface area contributed by atoms with Crippen LogP contribution in [-0.2, 0) is 4.79 Å². The smallest absolute Gasteiger partial charge is 0.314 e. The predicted octanol–water partition coefficient (Wildman–Crippen LogP) is 1.98. The summed E-state index contributed by atoms with van der Waals surface area (Å²) < 4.78 is 0. The lowest BCUT2D eigenvalue weighted by atomic mass is 9.69. The van der Waals surface area contributed by atoms with Gasteiger partial charge in [0.05, 0.1) is 5.41 Å². The molecule has 3 N–H and O–H groups in total. The molecule has 0 aliphatic heterocycles. The largest absolute Gasteiger partial charge is 0.481 e. The number of urea groups is 1. The Kier molecular flexibility index (Phi) is 3.61. The number of aliphatic carboxylic acids is 1. The Balaban J connectivity index is 1.38. The summed E-state index contributed by atoms with van der Waals surface area (Å²) in [6.07, 6.45) is 7.58. The highest BCUT2D eigenvalue weighted by molar-refractivity contribution is 5.78. The van der Waals surface area contributed by atoms with Crippen LogP contribution in [0.4, 0.5) is 4.79 Å². The molecule has 3 saturated carbocycles. The van der Waals surface area contributed by atoms with Crippen LogP contribution in [0.2, 0.25) is 0 Å². The van der Waals surface area contributed by atoms with Crippen molar-refractivity contribution >= 4 is 12.0 Å². The number of carbonyl (C=O) groups is 2. The highest BCUT2D eigenvalue weighted by Crippen LogP contribution is 2.47. The van der Waals surface area contributed by atoms with Crippen molar-refractivity contribution in [2.75, 3.05) is 13.1 Å². The SMILES string of the molecule is O=C(NCC1CC2CCC1C2)NCC1(C(=O)O)CCC1. The highest BCUT2D eigenvalue weighted by Gasteiger charge is 2.44. The van der Waals surface area contributed by atoms with Gasteiger partial charge in [-0.1, -0.05) is 12.8 Å². The van der Waals surface area contributed by atoms with E-state index in [0.29, 0.717) is 18.8 Å². The molecule has 3 fully saturated rings. The van der Waals surface area contributed by atoms with Gasteiger partial charge in [-0.25, -0.2) is 4.79 Å². The average Bonchev–Trinajstić information content (AvgIpc) is 2.96. The minimum Gasteiger partial charge on any atom is -0.481 e. The first-order chi connectivity index (χ1) is 9.59. The Morgan fingerprint density at radius 1 is 1.15 bits per heavy atom. The van der Waals surface area contributed by atoms with Gasteiger partial charge in [0.15, 0.2) is 0 Å². The summed E-state index contributed by atoms with van der Waals surface area (Å²) >= 11 is 0. The molecule has 3 unspecified atom stereocenters. The molecule has 3 rings (SSSR count). The number of hydrogen-bond acceptors (Lipinski definition) is 2. The summed E-state index contributed by atoms with van der Waals surface area (Å²) in [4.78, 5) is 23.0. The zero-order chi connectivity index (χ0) is 14.2. The van der Waals surface area contributed by atoms with Crippen LogP contribution in [0, 0.1) is 23.2 Å². The Labute approximate surface area is 119 Å². The molecule has 20 heavy (non-hydrogen) atoms. The monoisotopic (exact) mass is 280 g/mol. The number of fused-ring (bicyclic) bond motifs is 2. The van der Waals surface area contributed by atoms with Crippen LogP contribution in [-0.4, -0.2) is 30.2 Å². The molecule has 3 aliphatic carbocycles. The van der Waals surface area contributed by atoms with Crippen LogP contribution < -0.4 is 10.6 Å². The van der Waals surface area contributed by atoms with Gasteiger partial charge < -0.3 is 15.7 Å². The maximum atomic E-state index is 11.8. The van der Waals surface area contributed by atoms with Crippen LogP contribution in [0.15, 0.2) is 0 Å². The van der Waals surface area contributed by atoms with Crippen molar-refractivity contribution in [3.8, 4) is 0 Å². The summed E-state index contributed by atoms with van der Waals surface area (Å²) in [6.45, 7) is 0.998. The Morgan fingerprint density at radius 2 is 1.95 bits per heavy atom. The number of amides is 2. The number of rotatable bonds is 5. The maximum absolute atomic E-state index is 11.8. The van der Waals surface area contributed by atoms with E-state index in [4.69, 9.17) is 0 Å². The van der Waals surface area contributed by atoms with Crippen molar-refractivity contribution in [3.05, 3.63) is 0 Å². The number of nitrogens with one attached hydrogen (secondary N) is 2. The van der Waals surface area contributed by atoms with E-state index in [9.17, 15) is 14.7 Å². The Hall–Kier alpha value is -1.26. The topological polar surface area (TPSA) is 78.4 Å². The molecule has 2 bridgehead atoms. The first-order valence-electron chi connectivity index (χ1n) is 7.84. The van der Waals surface area contributed by atoms with E-state index in [2.05, 4.69) is 10.6 Å². The second-order valence-electron chi connectivity index (χ2n) is 6.94. The summed E-state index contributed by atoms with van der Waals surface area (Å²) in [5.41, 5.74) is -0.705. The average molecular weight is 280 g/mol. The molecule has 3 atom stereocenters. The van der Waals surface area contributed by atoms with E-state index in [1.165, 1.54) is 25.7 Å². The molecule has 0 saturated heterocycles. The van der Waals surface area contributed by atoms with Gasteiger partial charge in [0, 0.05) is 13.1 Å². The maximum Gasteiger partial charge on any atom is 0.314 e. The van der Waals surface area contributed by atoms with Crippen LogP contribution in [0.1, 0.15) is 44.9 Å². The van der Waals surface area contributed by atoms with E-state index >= 15 is 0 Å². The molecular formula is C15H24N2O3. The number of hydrogen-bond donors (Lipinski definition) is 3. The van der Waals surface area contributed by atoms with Gasteiger partial charge in [0.2, 0.25) is 0 Å². The van der Waals surface area contributed by atoms with E-state index in [0.717, 1.165) is 24.8 Å². The molecule has 2 amide bonds. The fourth-order valence-corrected chi connectivity index (χ4v) is 4.23. The van der Waals surface area contributed by atoms with Crippen LogP contribution in [0.3, 0.4) is 0 Å². The van der Waals surface area contributed by atoms with Gasteiger partial charge in [-0.15, -0.1) is 0 Å². The van der Waals surface area contributed by atoms with Gasteiger partial charge in [0.25, 0.3) is 0 Å². The summed E-state index contributed by atoms with van der Waals surface area (Å²) in [5.74, 6) is 1.55. The molecule has 5 nitrogen and oxygen atoms in total. The first-order valence-corrected chi connectivity index (χ1v) is 7.84. The second kappa shape index (κ2) is 5.26. The lowest BCUT2D eigenvalue weighted by Crippen LogP contribution is -2.50. The normalized spacial score (nSPS) is 33.5. The van der Waals surface area contributed by atoms with Crippen molar-refractivity contribution < 1.29 is 14.7 Å². The molecular weight excluding hydrogens is 256 g/mol. The zero-order valence-corrected chi connectivity index (χ0v) is 11.9. The molecule has 3 aliphatic rings. The lowest BCUT2D eigenvalue weighted by molar-refractivity contribution is -0.153. The van der Waals surface area contributed by atoms with E-state index in [-0.39, 0.29) is 12.6 Å². The summed E-state index contributed by atoms with van der Waals surface area (Å²) in [7, 11) is 0. The van der Waals surface area contributed by atoms with Gasteiger partial charge in [-0.3, -0.25) is 4.79 Å². The first kappa shape index (κ1) is 13.7. The van der Waals surface area contributed by atoms with E-state index < -0.39 is 11.4 Å². The summed E-state index contributed by atoms with van der Waals surface area (Å²) in [5, 5.41) is 14.9. The van der Waals surface area contributed by atoms with Gasteiger partial charge in [-0.05, 0) is 49.9 Å². The number of carboxylic acid groups (broad SMARTS) is 1. The molecule has 0 radical (unpaired) electrons. The molecule has 0 heterocycles. The molecule has 0 aromatic carbocycles.